The van der Waals surface area contributed by atoms with E-state index in [9.17, 15) is 28.7 Å². The average molecular weight is 706 g/mol. The van der Waals surface area contributed by atoms with Gasteiger partial charge in [-0.3, -0.25) is 19.2 Å². The Morgan fingerprint density at radius 1 is 1.10 bits per heavy atom. The molecule has 12 nitrogen and oxygen atoms in total. The number of hydrogen-bond donors (Lipinski definition) is 4. The van der Waals surface area contributed by atoms with Crippen LogP contribution < -0.4 is 16.0 Å². The fraction of sp³-hybridized carbons (Fsp3) is 0.472. The maximum Gasteiger partial charge on any atom is 0.258 e. The Morgan fingerprint density at radius 3 is 2.44 bits per heavy atom. The van der Waals surface area contributed by atoms with Crippen molar-refractivity contribution in [3.05, 3.63) is 64.8 Å². The Morgan fingerprint density at radius 2 is 1.82 bits per heavy atom. The molecule has 2 aliphatic rings. The van der Waals surface area contributed by atoms with E-state index in [0.717, 1.165) is 21.7 Å². The Hall–Kier alpha value is -4.56. The predicted molar refractivity (Wildman–Crippen MR) is 188 cm³/mol. The van der Waals surface area contributed by atoms with Crippen LogP contribution in [0.5, 0.6) is 0 Å². The van der Waals surface area contributed by atoms with Crippen LogP contribution in [0.4, 0.5) is 15.8 Å². The molecule has 2 aromatic carbocycles. The van der Waals surface area contributed by atoms with E-state index in [1.54, 1.807) is 26.3 Å². The number of β-amino-alcohol motifs (C(OH)–C–C–N with tert-alkyl or cyclic N) is 1. The summed E-state index contributed by atoms with van der Waals surface area (Å²) in [6, 6.07) is 11.1. The summed E-state index contributed by atoms with van der Waals surface area (Å²) in [5.41, 5.74) is 3.67. The molecule has 5 rings (SSSR count). The zero-order valence-electron chi connectivity index (χ0n) is 29.0. The number of thiazole rings is 1. The monoisotopic (exact) mass is 705 g/mol. The first-order valence-electron chi connectivity index (χ1n) is 16.7. The second-order valence-corrected chi connectivity index (χ2v) is 14.9. The number of carbonyl (C=O) groups is 4. The number of aromatic nitrogens is 1. The summed E-state index contributed by atoms with van der Waals surface area (Å²) in [6.07, 6.45) is -0.0206. The molecule has 0 bridgehead atoms. The largest absolute Gasteiger partial charge is 0.391 e. The summed E-state index contributed by atoms with van der Waals surface area (Å²) < 4.78 is 14.5. The molecule has 14 heteroatoms. The molecular formula is C36H44FN7O5S. The van der Waals surface area contributed by atoms with E-state index < -0.39 is 47.0 Å². The third kappa shape index (κ3) is 8.96. The summed E-state index contributed by atoms with van der Waals surface area (Å²) >= 11 is 1.50. The topological polar surface area (TPSA) is 165 Å². The number of aryl methyl sites for hydroxylation is 1. The SMILES string of the molecule is CC(=O)NCCc1ccc(/N=N\c2cc(-c3scnc3C)ccc2CNC(=O)[C@@H]2C[C@@H](O)CN2C(=O)C(NC(=O)C2(F)CC2)C(C)(C)C)cc1. The van der Waals surface area contributed by atoms with Crippen LogP contribution >= 0.6 is 11.3 Å². The number of amides is 4. The number of rotatable bonds is 12. The van der Waals surface area contributed by atoms with Gasteiger partial charge in [-0.2, -0.15) is 10.2 Å². The molecule has 4 N–H and O–H groups in total. The Kier molecular flexibility index (Phi) is 11.1. The molecule has 1 aromatic heterocycles. The van der Waals surface area contributed by atoms with Crippen molar-refractivity contribution < 1.29 is 28.7 Å². The van der Waals surface area contributed by atoms with Gasteiger partial charge in [0.25, 0.3) is 5.91 Å². The molecular weight excluding hydrogens is 662 g/mol. The van der Waals surface area contributed by atoms with Crippen LogP contribution in [-0.4, -0.2) is 75.6 Å². The molecule has 2 heterocycles. The first-order valence-corrected chi connectivity index (χ1v) is 17.6. The van der Waals surface area contributed by atoms with E-state index in [4.69, 9.17) is 0 Å². The number of nitrogens with zero attached hydrogens (tertiary/aromatic N) is 4. The van der Waals surface area contributed by atoms with Gasteiger partial charge in [-0.15, -0.1) is 11.3 Å². The Labute approximate surface area is 295 Å². The highest BCUT2D eigenvalue weighted by molar-refractivity contribution is 7.13. The van der Waals surface area contributed by atoms with E-state index in [1.165, 1.54) is 23.2 Å². The van der Waals surface area contributed by atoms with Crippen LogP contribution in [0.1, 0.15) is 63.8 Å². The van der Waals surface area contributed by atoms with E-state index in [1.807, 2.05) is 49.4 Å². The number of likely N-dealkylation sites (tertiary alicyclic amines) is 1. The molecule has 2 fully saturated rings. The quantitative estimate of drug-likeness (QED) is 0.197. The summed E-state index contributed by atoms with van der Waals surface area (Å²) in [7, 11) is 0. The number of nitrogens with one attached hydrogen (secondary N) is 3. The van der Waals surface area contributed by atoms with Gasteiger partial charge in [0.05, 0.1) is 33.6 Å². The zero-order valence-corrected chi connectivity index (χ0v) is 29.8. The van der Waals surface area contributed by atoms with Crippen LogP contribution in [0.25, 0.3) is 10.4 Å². The highest BCUT2D eigenvalue weighted by Gasteiger charge is 2.53. The Bertz CT molecular complexity index is 1770. The zero-order chi connectivity index (χ0) is 36.2. The molecule has 3 aromatic rings. The van der Waals surface area contributed by atoms with Crippen LogP contribution in [0, 0.1) is 12.3 Å². The van der Waals surface area contributed by atoms with E-state index in [2.05, 4.69) is 31.2 Å². The van der Waals surface area contributed by atoms with Gasteiger partial charge in [0.15, 0.2) is 5.67 Å². The number of azo groups is 1. The number of aliphatic hydroxyl groups excluding tert-OH is 1. The van der Waals surface area contributed by atoms with Gasteiger partial charge >= 0.3 is 0 Å². The maximum absolute atomic E-state index is 14.5. The lowest BCUT2D eigenvalue weighted by Crippen LogP contribution is -2.59. The molecule has 4 amide bonds. The van der Waals surface area contributed by atoms with Crippen LogP contribution in [0.2, 0.25) is 0 Å². The van der Waals surface area contributed by atoms with Gasteiger partial charge in [0.2, 0.25) is 17.7 Å². The molecule has 1 aliphatic carbocycles. The number of hydrogen-bond acceptors (Lipinski definition) is 9. The van der Waals surface area contributed by atoms with Crippen molar-refractivity contribution in [3.63, 3.8) is 0 Å². The van der Waals surface area contributed by atoms with Gasteiger partial charge in [0.1, 0.15) is 12.1 Å². The van der Waals surface area contributed by atoms with Gasteiger partial charge in [0, 0.05) is 33.0 Å². The van der Waals surface area contributed by atoms with Crippen molar-refractivity contribution in [1.29, 1.82) is 0 Å². The van der Waals surface area contributed by atoms with Crippen molar-refractivity contribution >= 4 is 46.3 Å². The molecule has 0 spiro atoms. The lowest BCUT2D eigenvalue weighted by molar-refractivity contribution is -0.145. The minimum Gasteiger partial charge on any atom is -0.391 e. The lowest BCUT2D eigenvalue weighted by atomic mass is 9.85. The summed E-state index contributed by atoms with van der Waals surface area (Å²) in [5.74, 6) is -1.93. The molecule has 1 aliphatic heterocycles. The van der Waals surface area contributed by atoms with Gasteiger partial charge in [-0.05, 0) is 66.5 Å². The molecule has 0 radical (unpaired) electrons. The van der Waals surface area contributed by atoms with Crippen LogP contribution in [-0.2, 0) is 32.1 Å². The highest BCUT2D eigenvalue weighted by atomic mass is 32.1. The van der Waals surface area contributed by atoms with Crippen molar-refractivity contribution in [1.82, 2.24) is 25.8 Å². The first kappa shape index (κ1) is 36.7. The molecule has 266 valence electrons. The summed E-state index contributed by atoms with van der Waals surface area (Å²) in [4.78, 5) is 57.8. The fourth-order valence-electron chi connectivity index (χ4n) is 5.77. The number of alkyl halides is 1. The maximum atomic E-state index is 14.5. The predicted octanol–water partition coefficient (Wildman–Crippen LogP) is 4.82. The fourth-order valence-corrected chi connectivity index (χ4v) is 6.57. The number of halogens is 1. The van der Waals surface area contributed by atoms with E-state index in [-0.39, 0.29) is 38.3 Å². The van der Waals surface area contributed by atoms with Crippen molar-refractivity contribution in [3.8, 4) is 10.4 Å². The van der Waals surface area contributed by atoms with E-state index >= 15 is 0 Å². The minimum absolute atomic E-state index is 0.0202. The second-order valence-electron chi connectivity index (χ2n) is 14.1. The number of aliphatic hydroxyl groups is 1. The van der Waals surface area contributed by atoms with Crippen molar-refractivity contribution in [2.45, 2.75) is 90.7 Å². The standard InChI is InChI=1S/C36H44FN7O5S/c1-21-30(50-20-40-21)24-8-9-25(28(16-24)43-42-26-10-6-23(7-11-26)12-15-38-22(2)45)18-39-32(47)29-17-27(46)19-44(29)33(48)31(35(3,4)5)41-34(49)36(37)13-14-36/h6-11,16,20,27,29,31,46H,12-15,17-19H2,1-5H3,(H,38,45)(H,39,47)(H,41,49)/b43-42-/t27-,29+,31?/m1/s1. The molecule has 1 saturated heterocycles. The average Bonchev–Trinajstić information content (AvgIpc) is 3.47. The molecule has 1 saturated carbocycles. The minimum atomic E-state index is -1.97. The number of benzene rings is 2. The van der Waals surface area contributed by atoms with Gasteiger partial charge < -0.3 is 26.0 Å². The van der Waals surface area contributed by atoms with Crippen molar-refractivity contribution in [2.75, 3.05) is 13.1 Å². The lowest BCUT2D eigenvalue weighted by Gasteiger charge is -2.35. The van der Waals surface area contributed by atoms with Crippen LogP contribution in [0.15, 0.2) is 58.2 Å². The molecule has 3 atom stereocenters. The Balaban J connectivity index is 1.32. The first-order chi connectivity index (χ1) is 23.6. The summed E-state index contributed by atoms with van der Waals surface area (Å²) in [5, 5.41) is 27.8. The smallest absolute Gasteiger partial charge is 0.258 e. The number of carbonyl (C=O) groups excluding carboxylic acids is 4. The van der Waals surface area contributed by atoms with Crippen LogP contribution in [0.3, 0.4) is 0 Å². The van der Waals surface area contributed by atoms with E-state index in [0.29, 0.717) is 29.9 Å². The van der Waals surface area contributed by atoms with Crippen molar-refractivity contribution in [2.24, 2.45) is 15.6 Å². The summed E-state index contributed by atoms with van der Waals surface area (Å²) in [6.45, 7) is 9.18. The highest BCUT2D eigenvalue weighted by Crippen LogP contribution is 2.40. The molecule has 50 heavy (non-hydrogen) atoms. The van der Waals surface area contributed by atoms with Gasteiger partial charge in [-0.25, -0.2) is 9.37 Å². The second kappa shape index (κ2) is 15.1. The van der Waals surface area contributed by atoms with Gasteiger partial charge in [-0.1, -0.05) is 45.0 Å². The normalized spacial score (nSPS) is 18.9. The third-order valence-corrected chi connectivity index (χ3v) is 9.87. The third-order valence-electron chi connectivity index (χ3n) is 8.89. The molecule has 1 unspecified atom stereocenters.